The third-order valence-corrected chi connectivity index (χ3v) is 10.7. The van der Waals surface area contributed by atoms with Crippen LogP contribution in [-0.4, -0.2) is 9.13 Å². The van der Waals surface area contributed by atoms with E-state index in [9.17, 15) is 5.26 Å². The van der Waals surface area contributed by atoms with Gasteiger partial charge in [-0.3, -0.25) is 0 Å². The maximum atomic E-state index is 10.2. The Morgan fingerprint density at radius 3 is 1.72 bits per heavy atom. The van der Waals surface area contributed by atoms with Gasteiger partial charge in [-0.1, -0.05) is 97.1 Å². The van der Waals surface area contributed by atoms with E-state index in [1.807, 2.05) is 29.5 Å². The number of hydrogen-bond acceptors (Lipinski definition) is 2. The van der Waals surface area contributed by atoms with Crippen LogP contribution in [0.15, 0.2) is 152 Å². The first-order valence-corrected chi connectivity index (χ1v) is 16.6. The van der Waals surface area contributed by atoms with Gasteiger partial charge in [-0.15, -0.1) is 11.3 Å². The number of para-hydroxylation sites is 3. The van der Waals surface area contributed by atoms with Crippen LogP contribution < -0.4 is 0 Å². The van der Waals surface area contributed by atoms with Crippen LogP contribution in [0, 0.1) is 11.3 Å². The van der Waals surface area contributed by atoms with Crippen molar-refractivity contribution >= 4 is 75.1 Å². The fourth-order valence-corrected chi connectivity index (χ4v) is 8.68. The van der Waals surface area contributed by atoms with Gasteiger partial charge in [0.25, 0.3) is 0 Å². The summed E-state index contributed by atoms with van der Waals surface area (Å²) in [6.45, 7) is 0. The van der Waals surface area contributed by atoms with Crippen LogP contribution in [0.5, 0.6) is 0 Å². The second-order valence-electron chi connectivity index (χ2n) is 12.1. The monoisotopic (exact) mass is 615 g/mol. The highest BCUT2D eigenvalue weighted by molar-refractivity contribution is 7.26. The fraction of sp³-hybridized carbons (Fsp3) is 0. The Balaban J connectivity index is 1.39. The summed E-state index contributed by atoms with van der Waals surface area (Å²) in [4.78, 5) is 0. The molecule has 0 saturated carbocycles. The van der Waals surface area contributed by atoms with Gasteiger partial charge in [0, 0.05) is 53.1 Å². The first kappa shape index (κ1) is 26.1. The minimum absolute atomic E-state index is 0.659. The van der Waals surface area contributed by atoms with Crippen molar-refractivity contribution in [3.8, 4) is 28.6 Å². The SMILES string of the molecule is N#Cc1ccccc1-c1cc(-n2c3ccccc3c3ccccc32)cc(-n2c3ccccc3c3ccc4sc5ccccc5c4c32)c1. The van der Waals surface area contributed by atoms with Gasteiger partial charge in [0.05, 0.1) is 33.7 Å². The van der Waals surface area contributed by atoms with E-state index in [1.54, 1.807) is 0 Å². The number of thiophene rings is 1. The summed E-state index contributed by atoms with van der Waals surface area (Å²) < 4.78 is 7.38. The van der Waals surface area contributed by atoms with E-state index < -0.39 is 0 Å². The van der Waals surface area contributed by atoms with Crippen molar-refractivity contribution in [2.24, 2.45) is 0 Å². The molecule has 3 nitrogen and oxygen atoms in total. The Kier molecular flexibility index (Phi) is 5.51. The lowest BCUT2D eigenvalue weighted by Crippen LogP contribution is -2.00. The van der Waals surface area contributed by atoms with E-state index in [4.69, 9.17) is 0 Å². The molecule has 0 spiro atoms. The molecule has 47 heavy (non-hydrogen) atoms. The highest BCUT2D eigenvalue weighted by Gasteiger charge is 2.20. The Morgan fingerprint density at radius 2 is 1.02 bits per heavy atom. The topological polar surface area (TPSA) is 33.6 Å². The molecule has 0 N–H and O–H groups in total. The predicted octanol–water partition coefficient (Wildman–Crippen LogP) is 11.8. The molecule has 4 heteroatoms. The van der Waals surface area contributed by atoms with Gasteiger partial charge in [-0.25, -0.2) is 0 Å². The zero-order valence-corrected chi connectivity index (χ0v) is 26.0. The quantitative estimate of drug-likeness (QED) is 0.195. The van der Waals surface area contributed by atoms with Crippen LogP contribution in [-0.2, 0) is 0 Å². The summed E-state index contributed by atoms with van der Waals surface area (Å²) in [5.41, 5.74) is 9.36. The molecular weight excluding hydrogens is 591 g/mol. The Labute approximate surface area is 274 Å². The molecule has 0 saturated heterocycles. The average Bonchev–Trinajstić information content (AvgIpc) is 3.79. The molecule has 0 atom stereocenters. The van der Waals surface area contributed by atoms with Crippen molar-refractivity contribution < 1.29 is 0 Å². The molecule has 0 bridgehead atoms. The van der Waals surface area contributed by atoms with Crippen LogP contribution in [0.25, 0.3) is 86.3 Å². The number of benzene rings is 7. The lowest BCUT2D eigenvalue weighted by molar-refractivity contribution is 1.14. The largest absolute Gasteiger partial charge is 0.309 e. The predicted molar refractivity (Wildman–Crippen MR) is 198 cm³/mol. The van der Waals surface area contributed by atoms with Crippen molar-refractivity contribution in [1.82, 2.24) is 9.13 Å². The number of nitrogens with zero attached hydrogens (tertiary/aromatic N) is 3. The summed E-state index contributed by atoms with van der Waals surface area (Å²) in [5.74, 6) is 0. The summed E-state index contributed by atoms with van der Waals surface area (Å²) in [7, 11) is 0. The minimum atomic E-state index is 0.659. The van der Waals surface area contributed by atoms with Crippen LogP contribution >= 0.6 is 11.3 Å². The van der Waals surface area contributed by atoms with Gasteiger partial charge in [-0.2, -0.15) is 5.26 Å². The number of nitriles is 1. The number of fused-ring (bicyclic) bond motifs is 10. The highest BCUT2D eigenvalue weighted by atomic mass is 32.1. The van der Waals surface area contributed by atoms with Crippen molar-refractivity contribution in [1.29, 1.82) is 5.26 Å². The maximum Gasteiger partial charge on any atom is 0.0998 e. The molecule has 7 aromatic carbocycles. The number of hydrogen-bond donors (Lipinski definition) is 0. The Bertz CT molecular complexity index is 2880. The lowest BCUT2D eigenvalue weighted by Gasteiger charge is -2.16. The van der Waals surface area contributed by atoms with Crippen LogP contribution in [0.1, 0.15) is 5.56 Å². The van der Waals surface area contributed by atoms with Crippen molar-refractivity contribution in [2.75, 3.05) is 0 Å². The molecule has 0 aliphatic rings. The molecule has 0 amide bonds. The number of aromatic nitrogens is 2. The lowest BCUT2D eigenvalue weighted by atomic mass is 9.99. The normalized spacial score (nSPS) is 11.8. The van der Waals surface area contributed by atoms with Gasteiger partial charge in [0.15, 0.2) is 0 Å². The third-order valence-electron chi connectivity index (χ3n) is 9.53. The molecule has 10 aromatic rings. The van der Waals surface area contributed by atoms with Crippen molar-refractivity contribution in [3.05, 3.63) is 157 Å². The molecule has 0 fully saturated rings. The molecule has 3 heterocycles. The van der Waals surface area contributed by atoms with Crippen molar-refractivity contribution in [3.63, 3.8) is 0 Å². The number of rotatable bonds is 3. The standard InChI is InChI=1S/C43H25N3S/c44-26-27-11-1-2-12-31(27)28-23-29(45-37-17-7-3-13-32(37)33-14-4-8-18-38(33)45)25-30(24-28)46-39-19-9-5-15-34(39)35-21-22-41-42(43(35)46)36-16-6-10-20-40(36)47-41/h1-25H. The van der Waals surface area contributed by atoms with E-state index in [1.165, 1.54) is 47.2 Å². The average molecular weight is 616 g/mol. The highest BCUT2D eigenvalue weighted by Crippen LogP contribution is 2.44. The smallest absolute Gasteiger partial charge is 0.0998 e. The van der Waals surface area contributed by atoms with E-state index in [0.29, 0.717) is 5.56 Å². The van der Waals surface area contributed by atoms with Gasteiger partial charge >= 0.3 is 0 Å². The molecule has 0 radical (unpaired) electrons. The Morgan fingerprint density at radius 1 is 0.468 bits per heavy atom. The third kappa shape index (κ3) is 3.72. The fourth-order valence-electron chi connectivity index (χ4n) is 7.58. The van der Waals surface area contributed by atoms with Crippen LogP contribution in [0.2, 0.25) is 0 Å². The van der Waals surface area contributed by atoms with E-state index in [2.05, 4.69) is 149 Å². The summed E-state index contributed by atoms with van der Waals surface area (Å²) >= 11 is 1.85. The first-order valence-electron chi connectivity index (χ1n) is 15.8. The molecular formula is C43H25N3S. The van der Waals surface area contributed by atoms with Gasteiger partial charge in [-0.05, 0) is 65.7 Å². The second-order valence-corrected chi connectivity index (χ2v) is 13.1. The zero-order valence-electron chi connectivity index (χ0n) is 25.2. The Hall–Kier alpha value is -6.15. The molecule has 218 valence electrons. The van der Waals surface area contributed by atoms with Crippen LogP contribution in [0.3, 0.4) is 0 Å². The molecule has 0 aliphatic heterocycles. The van der Waals surface area contributed by atoms with Gasteiger partial charge in [0.1, 0.15) is 0 Å². The second kappa shape index (κ2) is 9.92. The van der Waals surface area contributed by atoms with E-state index in [0.717, 1.165) is 39.1 Å². The van der Waals surface area contributed by atoms with Gasteiger partial charge < -0.3 is 9.13 Å². The minimum Gasteiger partial charge on any atom is -0.309 e. The zero-order chi connectivity index (χ0) is 31.1. The molecule has 0 aliphatic carbocycles. The summed E-state index contributed by atoms with van der Waals surface area (Å²) in [6.07, 6.45) is 0. The molecule has 10 rings (SSSR count). The first-order chi connectivity index (χ1) is 23.3. The van der Waals surface area contributed by atoms with Gasteiger partial charge in [0.2, 0.25) is 0 Å². The molecule has 3 aromatic heterocycles. The van der Waals surface area contributed by atoms with Crippen molar-refractivity contribution in [2.45, 2.75) is 0 Å². The van der Waals surface area contributed by atoms with Crippen LogP contribution in [0.4, 0.5) is 0 Å². The summed E-state index contributed by atoms with van der Waals surface area (Å²) in [5, 5.41) is 17.6. The summed E-state index contributed by atoms with van der Waals surface area (Å²) in [6, 6.07) is 56.4. The van der Waals surface area contributed by atoms with E-state index in [-0.39, 0.29) is 0 Å². The molecule has 0 unspecified atom stereocenters. The maximum absolute atomic E-state index is 10.2. The van der Waals surface area contributed by atoms with E-state index >= 15 is 0 Å².